The van der Waals surface area contributed by atoms with Crippen LogP contribution >= 0.6 is 0 Å². The van der Waals surface area contributed by atoms with Gasteiger partial charge >= 0.3 is 0 Å². The van der Waals surface area contributed by atoms with Crippen LogP contribution in [0.4, 0.5) is 0 Å². The molecule has 10 heavy (non-hydrogen) atoms. The molecular formula is C9H10O. The van der Waals surface area contributed by atoms with Crippen LogP contribution < -0.4 is 0 Å². The first-order valence-corrected chi connectivity index (χ1v) is 3.66. The first-order valence-electron chi connectivity index (χ1n) is 3.66. The molecule has 1 heterocycles. The van der Waals surface area contributed by atoms with Crippen molar-refractivity contribution in [3.05, 3.63) is 35.6 Å². The zero-order valence-electron chi connectivity index (χ0n) is 5.84. The summed E-state index contributed by atoms with van der Waals surface area (Å²) in [7, 11) is 0. The topological polar surface area (TPSA) is 9.23 Å². The van der Waals surface area contributed by atoms with E-state index >= 15 is 0 Å². The van der Waals surface area contributed by atoms with Gasteiger partial charge in [-0.3, -0.25) is 0 Å². The van der Waals surface area contributed by atoms with Crippen LogP contribution in [0.5, 0.6) is 0 Å². The molecule has 0 aromatic rings. The van der Waals surface area contributed by atoms with Crippen molar-refractivity contribution in [1.82, 2.24) is 0 Å². The Morgan fingerprint density at radius 3 is 3.40 bits per heavy atom. The molecule has 0 unspecified atom stereocenters. The Morgan fingerprint density at radius 1 is 1.40 bits per heavy atom. The van der Waals surface area contributed by atoms with Gasteiger partial charge < -0.3 is 4.74 Å². The highest BCUT2D eigenvalue weighted by molar-refractivity contribution is 5.34. The fraction of sp³-hybridized carbons (Fsp3) is 0.333. The van der Waals surface area contributed by atoms with Crippen LogP contribution in [-0.2, 0) is 4.74 Å². The molecule has 1 nitrogen and oxygen atoms in total. The predicted octanol–water partition coefficient (Wildman–Crippen LogP) is 2.18. The lowest BCUT2D eigenvalue weighted by atomic mass is 10.2. The van der Waals surface area contributed by atoms with E-state index in [-0.39, 0.29) is 0 Å². The summed E-state index contributed by atoms with van der Waals surface area (Å²) in [5.41, 5.74) is 1.38. The average molecular weight is 134 g/mol. The lowest BCUT2D eigenvalue weighted by Gasteiger charge is -1.94. The number of allylic oxidation sites excluding steroid dienone is 5. The Kier molecular flexibility index (Phi) is 1.35. The molecule has 2 aliphatic rings. The maximum atomic E-state index is 5.38. The summed E-state index contributed by atoms with van der Waals surface area (Å²) in [6, 6.07) is 0. The van der Waals surface area contributed by atoms with Crippen molar-refractivity contribution in [1.29, 1.82) is 0 Å². The molecule has 0 spiro atoms. The Morgan fingerprint density at radius 2 is 2.40 bits per heavy atom. The van der Waals surface area contributed by atoms with E-state index < -0.39 is 0 Å². The van der Waals surface area contributed by atoms with E-state index in [1.807, 2.05) is 6.08 Å². The smallest absolute Gasteiger partial charge is 0.122 e. The third-order valence-corrected chi connectivity index (χ3v) is 1.83. The van der Waals surface area contributed by atoms with Crippen molar-refractivity contribution in [3.8, 4) is 0 Å². The van der Waals surface area contributed by atoms with E-state index in [0.717, 1.165) is 25.2 Å². The summed E-state index contributed by atoms with van der Waals surface area (Å²) in [4.78, 5) is 0. The van der Waals surface area contributed by atoms with Gasteiger partial charge in [0.15, 0.2) is 0 Å². The van der Waals surface area contributed by atoms with Crippen molar-refractivity contribution < 1.29 is 4.74 Å². The van der Waals surface area contributed by atoms with Crippen LogP contribution in [0.25, 0.3) is 0 Å². The first-order chi connectivity index (χ1) is 4.97. The van der Waals surface area contributed by atoms with Crippen molar-refractivity contribution in [2.75, 3.05) is 6.61 Å². The van der Waals surface area contributed by atoms with E-state index in [0.29, 0.717) is 0 Å². The standard InChI is InChI=1S/C9H10O/c1-2-4-8-6-7-10-9(8)5-3-1/h1,3-5H,2,6-7H2. The maximum Gasteiger partial charge on any atom is 0.122 e. The van der Waals surface area contributed by atoms with Crippen LogP contribution in [0.1, 0.15) is 12.8 Å². The molecule has 1 aliphatic heterocycles. The average Bonchev–Trinajstić information content (AvgIpc) is 2.28. The predicted molar refractivity (Wildman–Crippen MR) is 40.5 cm³/mol. The molecule has 1 saturated heterocycles. The molecule has 0 atom stereocenters. The second-order valence-corrected chi connectivity index (χ2v) is 2.52. The zero-order chi connectivity index (χ0) is 6.81. The van der Waals surface area contributed by atoms with Crippen LogP contribution in [0.3, 0.4) is 0 Å². The summed E-state index contributed by atoms with van der Waals surface area (Å²) < 4.78 is 5.38. The molecule has 52 valence electrons. The number of hydrogen-bond donors (Lipinski definition) is 0. The lowest BCUT2D eigenvalue weighted by Crippen LogP contribution is -1.77. The first kappa shape index (κ1) is 5.78. The third kappa shape index (κ3) is 0.878. The molecular weight excluding hydrogens is 124 g/mol. The third-order valence-electron chi connectivity index (χ3n) is 1.83. The fourth-order valence-electron chi connectivity index (χ4n) is 1.29. The Hall–Kier alpha value is -0.980. The molecule has 2 rings (SSSR count). The van der Waals surface area contributed by atoms with Gasteiger partial charge in [0.2, 0.25) is 0 Å². The molecule has 0 N–H and O–H groups in total. The largest absolute Gasteiger partial charge is 0.493 e. The Bertz CT molecular complexity index is 221. The van der Waals surface area contributed by atoms with E-state index in [4.69, 9.17) is 4.74 Å². The van der Waals surface area contributed by atoms with Crippen LogP contribution in [0, 0.1) is 0 Å². The van der Waals surface area contributed by atoms with Crippen LogP contribution in [0.2, 0.25) is 0 Å². The summed E-state index contributed by atoms with van der Waals surface area (Å²) >= 11 is 0. The van der Waals surface area contributed by atoms with Gasteiger partial charge in [0.05, 0.1) is 6.61 Å². The van der Waals surface area contributed by atoms with Gasteiger partial charge in [0.1, 0.15) is 5.76 Å². The summed E-state index contributed by atoms with van der Waals surface area (Å²) in [6.07, 6.45) is 10.6. The quantitative estimate of drug-likeness (QED) is 0.493. The number of fused-ring (bicyclic) bond motifs is 1. The fourth-order valence-corrected chi connectivity index (χ4v) is 1.29. The van der Waals surface area contributed by atoms with Crippen molar-refractivity contribution in [2.24, 2.45) is 0 Å². The normalized spacial score (nSPS) is 22.4. The summed E-state index contributed by atoms with van der Waals surface area (Å²) in [5, 5.41) is 0. The van der Waals surface area contributed by atoms with Crippen molar-refractivity contribution in [2.45, 2.75) is 12.8 Å². The Labute approximate surface area is 60.7 Å². The second-order valence-electron chi connectivity index (χ2n) is 2.52. The van der Waals surface area contributed by atoms with Gasteiger partial charge in [-0.25, -0.2) is 0 Å². The molecule has 1 aliphatic carbocycles. The highest BCUT2D eigenvalue weighted by atomic mass is 16.5. The van der Waals surface area contributed by atoms with Crippen LogP contribution in [0.15, 0.2) is 35.6 Å². The van der Waals surface area contributed by atoms with Gasteiger partial charge in [-0.05, 0) is 18.1 Å². The van der Waals surface area contributed by atoms with Gasteiger partial charge in [-0.2, -0.15) is 0 Å². The molecule has 1 fully saturated rings. The minimum atomic E-state index is 0.867. The van der Waals surface area contributed by atoms with Gasteiger partial charge in [0.25, 0.3) is 0 Å². The molecule has 0 amide bonds. The molecule has 0 aromatic carbocycles. The second kappa shape index (κ2) is 2.33. The van der Waals surface area contributed by atoms with Crippen LogP contribution in [-0.4, -0.2) is 6.61 Å². The van der Waals surface area contributed by atoms with Crippen molar-refractivity contribution >= 4 is 0 Å². The highest BCUT2D eigenvalue weighted by Crippen LogP contribution is 2.25. The Balaban J connectivity index is 2.34. The van der Waals surface area contributed by atoms with Gasteiger partial charge in [-0.15, -0.1) is 0 Å². The number of rotatable bonds is 0. The SMILES string of the molecule is C1=CCC=C2CCOC2=C1. The minimum absolute atomic E-state index is 0.867. The zero-order valence-corrected chi connectivity index (χ0v) is 5.84. The van der Waals surface area contributed by atoms with Gasteiger partial charge in [-0.1, -0.05) is 18.2 Å². The number of ether oxygens (including phenoxy) is 1. The highest BCUT2D eigenvalue weighted by Gasteiger charge is 2.13. The molecule has 1 heteroatoms. The molecule has 0 radical (unpaired) electrons. The molecule has 0 aromatic heterocycles. The van der Waals surface area contributed by atoms with E-state index in [1.165, 1.54) is 5.57 Å². The van der Waals surface area contributed by atoms with E-state index in [9.17, 15) is 0 Å². The maximum absolute atomic E-state index is 5.38. The molecule has 0 bridgehead atoms. The monoisotopic (exact) mass is 134 g/mol. The summed E-state index contributed by atoms with van der Waals surface area (Å²) in [6.45, 7) is 0.867. The number of hydrogen-bond acceptors (Lipinski definition) is 1. The van der Waals surface area contributed by atoms with Gasteiger partial charge in [0, 0.05) is 6.42 Å². The molecule has 0 saturated carbocycles. The van der Waals surface area contributed by atoms with E-state index in [2.05, 4.69) is 18.2 Å². The minimum Gasteiger partial charge on any atom is -0.493 e. The summed E-state index contributed by atoms with van der Waals surface area (Å²) in [5.74, 6) is 1.08. The van der Waals surface area contributed by atoms with E-state index in [1.54, 1.807) is 0 Å². The lowest BCUT2D eigenvalue weighted by molar-refractivity contribution is 0.266. The van der Waals surface area contributed by atoms with Crippen molar-refractivity contribution in [3.63, 3.8) is 0 Å².